The molecule has 0 aliphatic rings. The van der Waals surface area contributed by atoms with Crippen LogP contribution < -0.4 is 0 Å². The molecule has 3 heteroatoms. The van der Waals surface area contributed by atoms with E-state index in [1.54, 1.807) is 0 Å². The smallest absolute Gasteiger partial charge is 0.226 e. The molecule has 0 unspecified atom stereocenters. The number of benzene rings is 1. The van der Waals surface area contributed by atoms with Crippen molar-refractivity contribution < 1.29 is 4.52 Å². The van der Waals surface area contributed by atoms with Crippen molar-refractivity contribution in [2.24, 2.45) is 0 Å². The third kappa shape index (κ3) is 1.77. The summed E-state index contributed by atoms with van der Waals surface area (Å²) in [7, 11) is 0. The average Bonchev–Trinajstić information content (AvgIpc) is 2.66. The van der Waals surface area contributed by atoms with Crippen LogP contribution in [0.4, 0.5) is 0 Å². The largest absolute Gasteiger partial charge is 0.339 e. The van der Waals surface area contributed by atoms with E-state index in [0.29, 0.717) is 11.7 Å². The van der Waals surface area contributed by atoms with Crippen molar-refractivity contribution in [1.29, 1.82) is 0 Å². The van der Waals surface area contributed by atoms with Crippen LogP contribution in [0.5, 0.6) is 0 Å². The number of aryl methyl sites for hydroxylation is 3. The Balaban J connectivity index is 2.53. The molecule has 0 radical (unpaired) electrons. The number of hydrogen-bond acceptors (Lipinski definition) is 3. The molecule has 3 nitrogen and oxygen atoms in total. The average molecular weight is 202 g/mol. The zero-order valence-corrected chi connectivity index (χ0v) is 9.24. The predicted octanol–water partition coefficient (Wildman–Crippen LogP) is 2.92. The second-order valence-electron chi connectivity index (χ2n) is 3.63. The molecular formula is C12H14N2O. The fourth-order valence-corrected chi connectivity index (χ4v) is 1.67. The Kier molecular flexibility index (Phi) is 2.54. The highest BCUT2D eigenvalue weighted by Gasteiger charge is 2.11. The molecule has 0 amide bonds. The van der Waals surface area contributed by atoms with E-state index in [1.165, 1.54) is 11.1 Å². The molecule has 78 valence electrons. The van der Waals surface area contributed by atoms with E-state index in [9.17, 15) is 0 Å². The fraction of sp³-hybridized carbons (Fsp3) is 0.333. The van der Waals surface area contributed by atoms with Crippen LogP contribution in [0.25, 0.3) is 11.4 Å². The van der Waals surface area contributed by atoms with Gasteiger partial charge in [0.25, 0.3) is 0 Å². The van der Waals surface area contributed by atoms with Gasteiger partial charge in [0.15, 0.2) is 0 Å². The molecule has 0 atom stereocenters. The van der Waals surface area contributed by atoms with Gasteiger partial charge in [0.05, 0.1) is 0 Å². The lowest BCUT2D eigenvalue weighted by molar-refractivity contribution is 0.382. The van der Waals surface area contributed by atoms with Crippen LogP contribution in [0.1, 0.15) is 23.9 Å². The highest BCUT2D eigenvalue weighted by molar-refractivity contribution is 5.63. The first-order chi connectivity index (χ1) is 7.22. The normalized spacial score (nSPS) is 10.6. The summed E-state index contributed by atoms with van der Waals surface area (Å²) in [5.41, 5.74) is 3.44. The van der Waals surface area contributed by atoms with Crippen molar-refractivity contribution in [1.82, 2.24) is 10.1 Å². The Morgan fingerprint density at radius 2 is 1.87 bits per heavy atom. The summed E-state index contributed by atoms with van der Waals surface area (Å²) in [5, 5.41) is 3.99. The van der Waals surface area contributed by atoms with Crippen molar-refractivity contribution in [3.05, 3.63) is 35.2 Å². The second-order valence-corrected chi connectivity index (χ2v) is 3.63. The molecule has 0 fully saturated rings. The summed E-state index contributed by atoms with van der Waals surface area (Å²) in [6.07, 6.45) is 0.776. The summed E-state index contributed by atoms with van der Waals surface area (Å²) >= 11 is 0. The van der Waals surface area contributed by atoms with Crippen LogP contribution >= 0.6 is 0 Å². The third-order valence-corrected chi connectivity index (χ3v) is 2.48. The molecule has 0 N–H and O–H groups in total. The Hall–Kier alpha value is -1.64. The van der Waals surface area contributed by atoms with Crippen molar-refractivity contribution in [2.75, 3.05) is 0 Å². The first-order valence-electron chi connectivity index (χ1n) is 5.11. The van der Waals surface area contributed by atoms with Crippen molar-refractivity contribution in [3.63, 3.8) is 0 Å². The van der Waals surface area contributed by atoms with Crippen LogP contribution in [0.3, 0.4) is 0 Å². The first kappa shape index (κ1) is 9.90. The lowest BCUT2D eigenvalue weighted by atomic mass is 10.0. The van der Waals surface area contributed by atoms with Gasteiger partial charge >= 0.3 is 0 Å². The first-order valence-corrected chi connectivity index (χ1v) is 5.11. The van der Waals surface area contributed by atoms with Gasteiger partial charge in [-0.3, -0.25) is 0 Å². The molecule has 1 heterocycles. The van der Waals surface area contributed by atoms with Gasteiger partial charge < -0.3 is 4.52 Å². The molecule has 0 aliphatic carbocycles. The quantitative estimate of drug-likeness (QED) is 0.751. The SMILES string of the molecule is CCc1nc(-c2c(C)cccc2C)no1. The molecule has 2 aromatic rings. The molecule has 1 aromatic carbocycles. The van der Waals surface area contributed by atoms with Gasteiger partial charge in [-0.25, -0.2) is 0 Å². The maximum atomic E-state index is 5.12. The maximum absolute atomic E-state index is 5.12. The topological polar surface area (TPSA) is 38.9 Å². The molecule has 2 rings (SSSR count). The lowest BCUT2D eigenvalue weighted by Gasteiger charge is -2.03. The van der Waals surface area contributed by atoms with Gasteiger partial charge in [-0.1, -0.05) is 30.3 Å². The van der Waals surface area contributed by atoms with Gasteiger partial charge in [0.2, 0.25) is 11.7 Å². The summed E-state index contributed by atoms with van der Waals surface area (Å²) < 4.78 is 5.12. The predicted molar refractivity (Wildman–Crippen MR) is 58.6 cm³/mol. The van der Waals surface area contributed by atoms with Gasteiger partial charge in [0, 0.05) is 12.0 Å². The zero-order chi connectivity index (χ0) is 10.8. The highest BCUT2D eigenvalue weighted by atomic mass is 16.5. The monoisotopic (exact) mass is 202 g/mol. The van der Waals surface area contributed by atoms with E-state index >= 15 is 0 Å². The van der Waals surface area contributed by atoms with Crippen LogP contribution in [0.2, 0.25) is 0 Å². The standard InChI is InChI=1S/C12H14N2O/c1-4-10-13-12(14-15-10)11-8(2)6-5-7-9(11)3/h5-7H,4H2,1-3H3. The lowest BCUT2D eigenvalue weighted by Crippen LogP contribution is -1.89. The Labute approximate surface area is 89.1 Å². The molecule has 0 saturated carbocycles. The van der Waals surface area contributed by atoms with Crippen molar-refractivity contribution in [3.8, 4) is 11.4 Å². The van der Waals surface area contributed by atoms with Gasteiger partial charge in [-0.15, -0.1) is 0 Å². The third-order valence-electron chi connectivity index (χ3n) is 2.48. The van der Waals surface area contributed by atoms with E-state index in [-0.39, 0.29) is 0 Å². The van der Waals surface area contributed by atoms with E-state index in [4.69, 9.17) is 4.52 Å². The Morgan fingerprint density at radius 3 is 2.40 bits per heavy atom. The Morgan fingerprint density at radius 1 is 1.20 bits per heavy atom. The number of aromatic nitrogens is 2. The minimum absolute atomic E-state index is 0.688. The molecule has 1 aromatic heterocycles. The maximum Gasteiger partial charge on any atom is 0.226 e. The Bertz CT molecular complexity index is 454. The van der Waals surface area contributed by atoms with E-state index < -0.39 is 0 Å². The zero-order valence-electron chi connectivity index (χ0n) is 9.24. The van der Waals surface area contributed by atoms with Crippen molar-refractivity contribution in [2.45, 2.75) is 27.2 Å². The molecule has 0 aliphatic heterocycles. The molecular weight excluding hydrogens is 188 g/mol. The molecule has 0 spiro atoms. The van der Waals surface area contributed by atoms with Gasteiger partial charge in [0.1, 0.15) is 0 Å². The van der Waals surface area contributed by atoms with E-state index in [0.717, 1.165) is 12.0 Å². The molecule has 0 saturated heterocycles. The minimum Gasteiger partial charge on any atom is -0.339 e. The van der Waals surface area contributed by atoms with Crippen LogP contribution in [0, 0.1) is 13.8 Å². The number of rotatable bonds is 2. The van der Waals surface area contributed by atoms with Gasteiger partial charge in [-0.2, -0.15) is 4.98 Å². The van der Waals surface area contributed by atoms with Crippen LogP contribution in [-0.4, -0.2) is 10.1 Å². The number of nitrogens with zero attached hydrogens (tertiary/aromatic N) is 2. The number of hydrogen-bond donors (Lipinski definition) is 0. The summed E-state index contributed by atoms with van der Waals surface area (Å²) in [6.45, 7) is 6.12. The minimum atomic E-state index is 0.688. The summed E-state index contributed by atoms with van der Waals surface area (Å²) in [4.78, 5) is 4.34. The van der Waals surface area contributed by atoms with Crippen LogP contribution in [0.15, 0.2) is 22.7 Å². The van der Waals surface area contributed by atoms with E-state index in [2.05, 4.69) is 36.1 Å². The highest BCUT2D eigenvalue weighted by Crippen LogP contribution is 2.24. The van der Waals surface area contributed by atoms with E-state index in [1.807, 2.05) is 13.0 Å². The second kappa shape index (κ2) is 3.85. The fourth-order valence-electron chi connectivity index (χ4n) is 1.67. The van der Waals surface area contributed by atoms with Crippen molar-refractivity contribution >= 4 is 0 Å². The summed E-state index contributed by atoms with van der Waals surface area (Å²) in [6, 6.07) is 6.16. The summed E-state index contributed by atoms with van der Waals surface area (Å²) in [5.74, 6) is 1.38. The van der Waals surface area contributed by atoms with Crippen LogP contribution in [-0.2, 0) is 6.42 Å². The molecule has 15 heavy (non-hydrogen) atoms. The van der Waals surface area contributed by atoms with Gasteiger partial charge in [-0.05, 0) is 25.0 Å². The molecule has 0 bridgehead atoms.